The highest BCUT2D eigenvalue weighted by Crippen LogP contribution is 2.33. The maximum atomic E-state index is 8.95. The summed E-state index contributed by atoms with van der Waals surface area (Å²) < 4.78 is 0. The van der Waals surface area contributed by atoms with Crippen LogP contribution in [0.25, 0.3) is 0 Å². The van der Waals surface area contributed by atoms with Crippen molar-refractivity contribution in [3.8, 4) is 0 Å². The number of hydrogen-bond donors (Lipinski definition) is 2. The molecule has 0 fully saturated rings. The molecule has 1 unspecified atom stereocenters. The van der Waals surface area contributed by atoms with Gasteiger partial charge in [0.05, 0.1) is 0 Å². The molecule has 0 saturated heterocycles. The maximum absolute atomic E-state index is 8.95. The minimum Gasteiger partial charge on any atom is -0.396 e. The molecule has 1 aliphatic carbocycles. The molecule has 0 bridgehead atoms. The second kappa shape index (κ2) is 6.06. The van der Waals surface area contributed by atoms with Gasteiger partial charge < -0.3 is 10.4 Å². The summed E-state index contributed by atoms with van der Waals surface area (Å²) in [6, 6.07) is 7.35. The predicted molar refractivity (Wildman–Crippen MR) is 80.3 cm³/mol. The summed E-state index contributed by atoms with van der Waals surface area (Å²) in [6.07, 6.45) is 4.39. The molecule has 1 aromatic rings. The first-order chi connectivity index (χ1) is 9.02. The molecule has 2 heteroatoms. The quantitative estimate of drug-likeness (QED) is 0.823. The second-order valence-corrected chi connectivity index (χ2v) is 6.67. The van der Waals surface area contributed by atoms with Gasteiger partial charge in [-0.05, 0) is 49.1 Å². The van der Waals surface area contributed by atoms with E-state index in [9.17, 15) is 0 Å². The van der Waals surface area contributed by atoms with Gasteiger partial charge in [0.15, 0.2) is 0 Å². The van der Waals surface area contributed by atoms with Crippen LogP contribution in [-0.4, -0.2) is 18.3 Å². The molecule has 0 aromatic heterocycles. The topological polar surface area (TPSA) is 32.3 Å². The van der Waals surface area contributed by atoms with Crippen LogP contribution in [0.15, 0.2) is 18.2 Å². The van der Waals surface area contributed by atoms with Crippen molar-refractivity contribution in [3.05, 3.63) is 34.9 Å². The van der Waals surface area contributed by atoms with E-state index in [2.05, 4.69) is 44.3 Å². The maximum Gasteiger partial charge on any atom is 0.0431 e. The summed E-state index contributed by atoms with van der Waals surface area (Å²) in [5.74, 6) is 0. The minimum atomic E-state index is 0.259. The van der Waals surface area contributed by atoms with E-state index in [-0.39, 0.29) is 5.41 Å². The van der Waals surface area contributed by atoms with Crippen molar-refractivity contribution in [1.29, 1.82) is 0 Å². The third kappa shape index (κ3) is 3.80. The van der Waals surface area contributed by atoms with E-state index < -0.39 is 0 Å². The Labute approximate surface area is 117 Å². The van der Waals surface area contributed by atoms with E-state index in [1.807, 2.05) is 0 Å². The van der Waals surface area contributed by atoms with E-state index in [4.69, 9.17) is 5.11 Å². The molecule has 1 atom stereocenters. The van der Waals surface area contributed by atoms with Crippen LogP contribution in [0, 0.1) is 12.3 Å². The van der Waals surface area contributed by atoms with E-state index in [1.165, 1.54) is 29.5 Å². The SMILES string of the molecule is Cc1ccc2c(c1)C(NCC(C)(C)CCCO)CC2. The van der Waals surface area contributed by atoms with Gasteiger partial charge in [0.1, 0.15) is 0 Å². The van der Waals surface area contributed by atoms with Gasteiger partial charge in [-0.25, -0.2) is 0 Å². The zero-order chi connectivity index (χ0) is 13.9. The lowest BCUT2D eigenvalue weighted by Gasteiger charge is -2.27. The van der Waals surface area contributed by atoms with Crippen molar-refractivity contribution in [1.82, 2.24) is 5.32 Å². The third-order valence-electron chi connectivity index (χ3n) is 4.22. The molecule has 19 heavy (non-hydrogen) atoms. The van der Waals surface area contributed by atoms with Crippen LogP contribution in [0.3, 0.4) is 0 Å². The summed E-state index contributed by atoms with van der Waals surface area (Å²) in [4.78, 5) is 0. The van der Waals surface area contributed by atoms with E-state index in [0.29, 0.717) is 12.6 Å². The molecule has 0 radical (unpaired) electrons. The first-order valence-corrected chi connectivity index (χ1v) is 7.45. The molecule has 0 heterocycles. The third-order valence-corrected chi connectivity index (χ3v) is 4.22. The summed E-state index contributed by atoms with van der Waals surface area (Å²) >= 11 is 0. The lowest BCUT2D eigenvalue weighted by Crippen LogP contribution is -2.31. The van der Waals surface area contributed by atoms with Crippen LogP contribution in [0.1, 0.15) is 55.8 Å². The molecule has 2 rings (SSSR count). The van der Waals surface area contributed by atoms with Gasteiger partial charge in [0, 0.05) is 19.2 Å². The Morgan fingerprint density at radius 1 is 1.37 bits per heavy atom. The van der Waals surface area contributed by atoms with Crippen LogP contribution in [0.4, 0.5) is 0 Å². The number of fused-ring (bicyclic) bond motifs is 1. The Kier molecular flexibility index (Phi) is 4.64. The summed E-state index contributed by atoms with van der Waals surface area (Å²) in [6.45, 7) is 8.05. The molecule has 0 aliphatic heterocycles. The van der Waals surface area contributed by atoms with Gasteiger partial charge in [-0.15, -0.1) is 0 Å². The molecule has 1 aliphatic rings. The Bertz CT molecular complexity index is 425. The van der Waals surface area contributed by atoms with Crippen LogP contribution >= 0.6 is 0 Å². The first kappa shape index (κ1) is 14.5. The molecule has 0 amide bonds. The van der Waals surface area contributed by atoms with Gasteiger partial charge in [0.25, 0.3) is 0 Å². The second-order valence-electron chi connectivity index (χ2n) is 6.67. The Morgan fingerprint density at radius 3 is 2.89 bits per heavy atom. The Balaban J connectivity index is 1.94. The number of aliphatic hydroxyl groups is 1. The van der Waals surface area contributed by atoms with Crippen molar-refractivity contribution in [2.45, 2.75) is 52.5 Å². The first-order valence-electron chi connectivity index (χ1n) is 7.45. The summed E-state index contributed by atoms with van der Waals surface area (Å²) in [5, 5.41) is 12.7. The van der Waals surface area contributed by atoms with Gasteiger partial charge in [0.2, 0.25) is 0 Å². The number of nitrogens with one attached hydrogen (secondary N) is 1. The van der Waals surface area contributed by atoms with Crippen molar-refractivity contribution >= 4 is 0 Å². The Morgan fingerprint density at radius 2 is 2.16 bits per heavy atom. The largest absolute Gasteiger partial charge is 0.396 e. The lowest BCUT2D eigenvalue weighted by atomic mass is 9.87. The van der Waals surface area contributed by atoms with Crippen LogP contribution in [-0.2, 0) is 6.42 Å². The molecule has 0 saturated carbocycles. The van der Waals surface area contributed by atoms with Crippen LogP contribution in [0.5, 0.6) is 0 Å². The van der Waals surface area contributed by atoms with Gasteiger partial charge in [-0.1, -0.05) is 37.6 Å². The summed E-state index contributed by atoms with van der Waals surface area (Å²) in [5.41, 5.74) is 4.62. The molecular formula is C17H27NO. The molecule has 1 aromatic carbocycles. The highest BCUT2D eigenvalue weighted by molar-refractivity contribution is 5.37. The van der Waals surface area contributed by atoms with E-state index in [1.54, 1.807) is 0 Å². The minimum absolute atomic E-state index is 0.259. The molecule has 106 valence electrons. The fourth-order valence-electron chi connectivity index (χ4n) is 2.98. The standard InChI is InChI=1S/C17H27NO/c1-13-5-6-14-7-8-16(15(14)11-13)18-12-17(2,3)9-4-10-19/h5-6,11,16,18-19H,4,7-10,12H2,1-3H3. The van der Waals surface area contributed by atoms with Crippen molar-refractivity contribution in [2.24, 2.45) is 5.41 Å². The van der Waals surface area contributed by atoms with Crippen LogP contribution in [0.2, 0.25) is 0 Å². The van der Waals surface area contributed by atoms with E-state index >= 15 is 0 Å². The van der Waals surface area contributed by atoms with Crippen LogP contribution < -0.4 is 5.32 Å². The Hall–Kier alpha value is -0.860. The number of rotatable bonds is 6. The fraction of sp³-hybridized carbons (Fsp3) is 0.647. The highest BCUT2D eigenvalue weighted by Gasteiger charge is 2.25. The normalized spacial score (nSPS) is 18.6. The fourth-order valence-corrected chi connectivity index (χ4v) is 2.98. The molecular weight excluding hydrogens is 234 g/mol. The average Bonchev–Trinajstić information content (AvgIpc) is 2.76. The van der Waals surface area contributed by atoms with Crippen molar-refractivity contribution in [2.75, 3.05) is 13.2 Å². The number of hydrogen-bond acceptors (Lipinski definition) is 2. The van der Waals surface area contributed by atoms with Gasteiger partial charge >= 0.3 is 0 Å². The lowest BCUT2D eigenvalue weighted by molar-refractivity contribution is 0.231. The molecule has 2 nitrogen and oxygen atoms in total. The molecule has 2 N–H and O–H groups in total. The summed E-state index contributed by atoms with van der Waals surface area (Å²) in [7, 11) is 0. The van der Waals surface area contributed by atoms with Crippen molar-refractivity contribution in [3.63, 3.8) is 0 Å². The zero-order valence-corrected chi connectivity index (χ0v) is 12.5. The number of aliphatic hydroxyl groups excluding tert-OH is 1. The highest BCUT2D eigenvalue weighted by atomic mass is 16.2. The number of benzene rings is 1. The van der Waals surface area contributed by atoms with Crippen molar-refractivity contribution < 1.29 is 5.11 Å². The monoisotopic (exact) mass is 261 g/mol. The number of aryl methyl sites for hydroxylation is 2. The molecule has 0 spiro atoms. The van der Waals surface area contributed by atoms with Gasteiger partial charge in [-0.2, -0.15) is 0 Å². The van der Waals surface area contributed by atoms with E-state index in [0.717, 1.165) is 19.4 Å². The zero-order valence-electron chi connectivity index (χ0n) is 12.5. The smallest absolute Gasteiger partial charge is 0.0431 e. The van der Waals surface area contributed by atoms with Gasteiger partial charge in [-0.3, -0.25) is 0 Å². The predicted octanol–water partition coefficient (Wildman–Crippen LogP) is 3.37. The average molecular weight is 261 g/mol.